The molecule has 3 nitrogen and oxygen atoms in total. The van der Waals surface area contributed by atoms with Crippen LogP contribution in [0.3, 0.4) is 0 Å². The first-order valence-corrected chi connectivity index (χ1v) is 5.17. The van der Waals surface area contributed by atoms with Crippen molar-refractivity contribution in [2.75, 3.05) is 25.6 Å². The zero-order valence-electron chi connectivity index (χ0n) is 8.31. The quantitative estimate of drug-likeness (QED) is 0.507. The molecule has 0 rings (SSSR count). The second-order valence-electron chi connectivity index (χ2n) is 2.90. The van der Waals surface area contributed by atoms with Crippen molar-refractivity contribution >= 4 is 17.5 Å². The van der Waals surface area contributed by atoms with E-state index >= 15 is 0 Å². The van der Waals surface area contributed by atoms with Gasteiger partial charge in [0.05, 0.1) is 0 Å². The van der Waals surface area contributed by atoms with E-state index < -0.39 is 0 Å². The minimum absolute atomic E-state index is 0.0199. The van der Waals surface area contributed by atoms with Crippen LogP contribution in [0.15, 0.2) is 0 Å². The molecule has 0 saturated carbocycles. The van der Waals surface area contributed by atoms with Crippen LogP contribution in [0.5, 0.6) is 0 Å². The molecule has 0 aromatic carbocycles. The molecule has 0 radical (unpaired) electrons. The molecule has 0 heterocycles. The fourth-order valence-electron chi connectivity index (χ4n) is 0.774. The Morgan fingerprint density at radius 3 is 2.85 bits per heavy atom. The van der Waals surface area contributed by atoms with Gasteiger partial charge in [-0.2, -0.15) is 0 Å². The zero-order valence-corrected chi connectivity index (χ0v) is 9.06. The van der Waals surface area contributed by atoms with Crippen molar-refractivity contribution in [3.63, 3.8) is 0 Å². The summed E-state index contributed by atoms with van der Waals surface area (Å²) in [5.41, 5.74) is 0. The Balaban J connectivity index is 3.27. The second-order valence-corrected chi connectivity index (χ2v) is 3.21. The Morgan fingerprint density at radius 2 is 2.31 bits per heavy atom. The molecule has 0 bridgehead atoms. The lowest BCUT2D eigenvalue weighted by Gasteiger charge is -2.08. The van der Waals surface area contributed by atoms with Crippen LogP contribution < -0.4 is 5.32 Å². The van der Waals surface area contributed by atoms with Crippen LogP contribution in [0.25, 0.3) is 0 Å². The predicted octanol–water partition coefficient (Wildman–Crippen LogP) is 1.40. The summed E-state index contributed by atoms with van der Waals surface area (Å²) >= 11 is 5.52. The highest BCUT2D eigenvalue weighted by Gasteiger charge is 2.09. The van der Waals surface area contributed by atoms with Gasteiger partial charge in [0, 0.05) is 31.6 Å². The molecule has 1 unspecified atom stereocenters. The lowest BCUT2D eigenvalue weighted by Crippen LogP contribution is -2.31. The molecule has 0 saturated heterocycles. The van der Waals surface area contributed by atoms with Gasteiger partial charge in [0.25, 0.3) is 0 Å². The first kappa shape index (κ1) is 12.7. The van der Waals surface area contributed by atoms with E-state index in [-0.39, 0.29) is 11.8 Å². The summed E-state index contributed by atoms with van der Waals surface area (Å²) in [5.74, 6) is 0.289. The molecular weight excluding hydrogens is 190 g/mol. The van der Waals surface area contributed by atoms with Crippen molar-refractivity contribution in [3.05, 3.63) is 0 Å². The number of alkyl halides is 1. The predicted molar refractivity (Wildman–Crippen MR) is 54.0 cm³/mol. The number of carbonyl (C=O) groups is 1. The van der Waals surface area contributed by atoms with E-state index in [9.17, 15) is 4.79 Å². The number of nitrogens with one attached hydrogen (secondary N) is 1. The smallest absolute Gasteiger partial charge is 0.224 e. The Bertz CT molecular complexity index is 142. The third-order valence-electron chi connectivity index (χ3n) is 1.65. The highest BCUT2D eigenvalue weighted by Crippen LogP contribution is 1.96. The highest BCUT2D eigenvalue weighted by molar-refractivity contribution is 6.19. The van der Waals surface area contributed by atoms with E-state index in [0.29, 0.717) is 19.0 Å². The van der Waals surface area contributed by atoms with Crippen LogP contribution in [0.2, 0.25) is 0 Å². The lowest BCUT2D eigenvalue weighted by atomic mass is 10.2. The van der Waals surface area contributed by atoms with E-state index in [1.165, 1.54) is 0 Å². The summed E-state index contributed by atoms with van der Waals surface area (Å²) in [5, 5.41) is 2.79. The number of hydrogen-bond acceptors (Lipinski definition) is 2. The van der Waals surface area contributed by atoms with Gasteiger partial charge in [0.1, 0.15) is 0 Å². The molecule has 0 aromatic heterocycles. The molecule has 0 aliphatic heterocycles. The Morgan fingerprint density at radius 1 is 1.62 bits per heavy atom. The maximum absolute atomic E-state index is 11.2. The first-order chi connectivity index (χ1) is 6.22. The Labute approximate surface area is 84.8 Å². The van der Waals surface area contributed by atoms with Crippen LogP contribution in [-0.4, -0.2) is 31.5 Å². The van der Waals surface area contributed by atoms with Crippen LogP contribution in [0, 0.1) is 5.92 Å². The van der Waals surface area contributed by atoms with Crippen molar-refractivity contribution < 1.29 is 9.53 Å². The van der Waals surface area contributed by atoms with Gasteiger partial charge in [-0.15, -0.1) is 11.6 Å². The summed E-state index contributed by atoms with van der Waals surface area (Å²) in [6.07, 6.45) is 0.856. The standard InChI is InChI=1S/C9H18ClNO2/c1-3-13-6-4-5-11-9(12)8(2)7-10/h8H,3-7H2,1-2H3,(H,11,12). The van der Waals surface area contributed by atoms with Crippen molar-refractivity contribution in [2.45, 2.75) is 20.3 Å². The molecule has 0 aliphatic carbocycles. The zero-order chi connectivity index (χ0) is 10.1. The third-order valence-corrected chi connectivity index (χ3v) is 2.11. The summed E-state index contributed by atoms with van der Waals surface area (Å²) < 4.78 is 5.12. The van der Waals surface area contributed by atoms with E-state index in [0.717, 1.165) is 13.0 Å². The van der Waals surface area contributed by atoms with E-state index in [4.69, 9.17) is 16.3 Å². The molecule has 4 heteroatoms. The third kappa shape index (κ3) is 6.84. The molecule has 78 valence electrons. The molecule has 1 N–H and O–H groups in total. The molecule has 0 aromatic rings. The summed E-state index contributed by atoms with van der Waals surface area (Å²) in [6.45, 7) is 5.86. The van der Waals surface area contributed by atoms with Gasteiger partial charge < -0.3 is 10.1 Å². The minimum Gasteiger partial charge on any atom is -0.382 e. The lowest BCUT2D eigenvalue weighted by molar-refractivity contribution is -0.123. The van der Waals surface area contributed by atoms with Crippen molar-refractivity contribution in [2.24, 2.45) is 5.92 Å². The van der Waals surface area contributed by atoms with Crippen molar-refractivity contribution in [1.29, 1.82) is 0 Å². The summed E-state index contributed by atoms with van der Waals surface area (Å²) in [6, 6.07) is 0. The Kier molecular flexibility index (Phi) is 8.14. The molecule has 13 heavy (non-hydrogen) atoms. The van der Waals surface area contributed by atoms with Crippen LogP contribution >= 0.6 is 11.6 Å². The van der Waals surface area contributed by atoms with Crippen molar-refractivity contribution in [1.82, 2.24) is 5.32 Å². The maximum atomic E-state index is 11.2. The molecule has 0 spiro atoms. The fourth-order valence-corrected chi connectivity index (χ4v) is 0.915. The average Bonchev–Trinajstić information content (AvgIpc) is 2.16. The number of ether oxygens (including phenoxy) is 1. The normalized spacial score (nSPS) is 12.5. The van der Waals surface area contributed by atoms with Gasteiger partial charge >= 0.3 is 0 Å². The first-order valence-electron chi connectivity index (χ1n) is 4.63. The van der Waals surface area contributed by atoms with E-state index in [1.54, 1.807) is 0 Å². The molecule has 0 fully saturated rings. The van der Waals surface area contributed by atoms with Gasteiger partial charge in [-0.1, -0.05) is 6.92 Å². The molecule has 1 atom stereocenters. The number of carbonyl (C=O) groups excluding carboxylic acids is 1. The van der Waals surface area contributed by atoms with Gasteiger partial charge in [0.2, 0.25) is 5.91 Å². The number of amides is 1. The number of hydrogen-bond donors (Lipinski definition) is 1. The summed E-state index contributed by atoms with van der Waals surface area (Å²) in [4.78, 5) is 11.2. The SMILES string of the molecule is CCOCCCNC(=O)C(C)CCl. The molecule has 0 aliphatic rings. The highest BCUT2D eigenvalue weighted by atomic mass is 35.5. The second kappa shape index (κ2) is 8.32. The Hall–Kier alpha value is -0.280. The average molecular weight is 208 g/mol. The monoisotopic (exact) mass is 207 g/mol. The van der Waals surface area contributed by atoms with Crippen LogP contribution in [0.4, 0.5) is 0 Å². The maximum Gasteiger partial charge on any atom is 0.224 e. The number of rotatable bonds is 7. The van der Waals surface area contributed by atoms with Crippen LogP contribution in [0.1, 0.15) is 20.3 Å². The molecule has 1 amide bonds. The largest absolute Gasteiger partial charge is 0.382 e. The van der Waals surface area contributed by atoms with E-state index in [2.05, 4.69) is 5.32 Å². The fraction of sp³-hybridized carbons (Fsp3) is 0.889. The van der Waals surface area contributed by atoms with Gasteiger partial charge in [0.15, 0.2) is 0 Å². The van der Waals surface area contributed by atoms with Crippen molar-refractivity contribution in [3.8, 4) is 0 Å². The molecular formula is C9H18ClNO2. The summed E-state index contributed by atoms with van der Waals surface area (Å²) in [7, 11) is 0. The topological polar surface area (TPSA) is 38.3 Å². The van der Waals surface area contributed by atoms with Crippen LogP contribution in [-0.2, 0) is 9.53 Å². The van der Waals surface area contributed by atoms with Gasteiger partial charge in [-0.3, -0.25) is 4.79 Å². The number of halogens is 1. The van der Waals surface area contributed by atoms with Gasteiger partial charge in [-0.25, -0.2) is 0 Å². The minimum atomic E-state index is -0.103. The van der Waals surface area contributed by atoms with Gasteiger partial charge in [-0.05, 0) is 13.3 Å². The van der Waals surface area contributed by atoms with E-state index in [1.807, 2.05) is 13.8 Å².